The van der Waals surface area contributed by atoms with Crippen LogP contribution in [0.5, 0.6) is 11.5 Å². The molecule has 0 aromatic heterocycles. The van der Waals surface area contributed by atoms with E-state index in [-0.39, 0.29) is 19.8 Å². The van der Waals surface area contributed by atoms with Crippen molar-refractivity contribution >= 4 is 0 Å². The Balaban J connectivity index is 1.95. The van der Waals surface area contributed by atoms with Crippen molar-refractivity contribution in [1.82, 2.24) is 0 Å². The maximum Gasteiger partial charge on any atom is 0.207 e. The molecule has 2 aromatic rings. The normalized spacial score (nSPS) is 19.7. The molecule has 2 aliphatic rings. The van der Waals surface area contributed by atoms with Crippen LogP contribution in [0.4, 0.5) is 35.1 Å². The minimum Gasteiger partial charge on any atom is -0.486 e. The molecular weight excluding hydrogens is 432 g/mol. The Morgan fingerprint density at radius 1 is 0.533 bits per heavy atom. The van der Waals surface area contributed by atoms with Crippen LogP contribution in [0.15, 0.2) is 0 Å². The van der Waals surface area contributed by atoms with E-state index < -0.39 is 88.0 Å². The molecule has 0 N–H and O–H groups in total. The van der Waals surface area contributed by atoms with Gasteiger partial charge in [0, 0.05) is 0 Å². The lowest BCUT2D eigenvalue weighted by Gasteiger charge is -2.19. The fourth-order valence-electron chi connectivity index (χ4n) is 2.61. The van der Waals surface area contributed by atoms with Crippen LogP contribution >= 0.6 is 0 Å². The van der Waals surface area contributed by atoms with Crippen molar-refractivity contribution in [2.75, 3.05) is 26.4 Å². The monoisotopic (exact) mass is 442 g/mol. The zero-order chi connectivity index (χ0) is 21.7. The summed E-state index contributed by atoms with van der Waals surface area (Å²) in [6, 6.07) is 0. The molecule has 4 rings (SSSR count). The van der Waals surface area contributed by atoms with Gasteiger partial charge in [0.25, 0.3) is 0 Å². The van der Waals surface area contributed by atoms with E-state index >= 15 is 0 Å². The zero-order valence-corrected chi connectivity index (χ0v) is 14.6. The molecule has 0 radical (unpaired) electrons. The van der Waals surface area contributed by atoms with E-state index in [1.807, 2.05) is 0 Å². The predicted molar refractivity (Wildman–Crippen MR) is 82.0 cm³/mol. The second-order valence-corrected chi connectivity index (χ2v) is 6.45. The summed E-state index contributed by atoms with van der Waals surface area (Å²) >= 11 is 0. The first-order valence-corrected chi connectivity index (χ1v) is 8.43. The quantitative estimate of drug-likeness (QED) is 0.281. The second-order valence-electron chi connectivity index (χ2n) is 6.45. The SMILES string of the molecule is Fc1c(F)c(F)c(-c2c(F)c(F)c(F)c(OCC3CO3)c2OCC2CO2)c(F)c1F. The molecule has 2 unspecified atom stereocenters. The minimum absolute atomic E-state index is 0.191. The number of benzene rings is 2. The fourth-order valence-corrected chi connectivity index (χ4v) is 2.61. The van der Waals surface area contributed by atoms with Crippen LogP contribution in [0.25, 0.3) is 11.1 Å². The van der Waals surface area contributed by atoms with Gasteiger partial charge in [0.15, 0.2) is 40.7 Å². The average Bonchev–Trinajstić information content (AvgIpc) is 3.63. The Labute approximate surface area is 162 Å². The van der Waals surface area contributed by atoms with Crippen molar-refractivity contribution in [3.8, 4) is 22.6 Å². The fraction of sp³-hybridized carbons (Fsp3) is 0.333. The first-order valence-electron chi connectivity index (χ1n) is 8.43. The molecule has 12 heteroatoms. The second kappa shape index (κ2) is 7.58. The van der Waals surface area contributed by atoms with E-state index in [0.717, 1.165) is 0 Å². The molecular formula is C18H10F8O4. The summed E-state index contributed by atoms with van der Waals surface area (Å²) < 4.78 is 132. The largest absolute Gasteiger partial charge is 0.486 e. The van der Waals surface area contributed by atoms with Crippen LogP contribution in [0, 0.1) is 46.5 Å². The van der Waals surface area contributed by atoms with Gasteiger partial charge in [-0.15, -0.1) is 0 Å². The lowest BCUT2D eigenvalue weighted by molar-refractivity contribution is 0.217. The van der Waals surface area contributed by atoms with E-state index in [0.29, 0.717) is 0 Å². The first-order chi connectivity index (χ1) is 14.2. The van der Waals surface area contributed by atoms with E-state index in [9.17, 15) is 35.1 Å². The summed E-state index contributed by atoms with van der Waals surface area (Å²) in [6.07, 6.45) is -1.06. The third-order valence-electron chi connectivity index (χ3n) is 4.33. The van der Waals surface area contributed by atoms with Gasteiger partial charge >= 0.3 is 0 Å². The molecule has 2 aliphatic heterocycles. The molecule has 2 heterocycles. The number of halogens is 8. The van der Waals surface area contributed by atoms with Gasteiger partial charge in [0.05, 0.1) is 24.3 Å². The molecule has 0 aliphatic carbocycles. The highest BCUT2D eigenvalue weighted by Crippen LogP contribution is 2.46. The minimum atomic E-state index is -2.51. The van der Waals surface area contributed by atoms with Gasteiger partial charge in [-0.05, 0) is 0 Å². The van der Waals surface area contributed by atoms with Crippen LogP contribution in [0.1, 0.15) is 0 Å². The number of hydrogen-bond acceptors (Lipinski definition) is 4. The third kappa shape index (κ3) is 3.54. The third-order valence-corrected chi connectivity index (χ3v) is 4.33. The Kier molecular flexibility index (Phi) is 5.22. The van der Waals surface area contributed by atoms with Crippen molar-refractivity contribution in [3.05, 3.63) is 46.5 Å². The molecule has 2 aromatic carbocycles. The number of rotatable bonds is 7. The summed E-state index contributed by atoms with van der Waals surface area (Å²) in [5.41, 5.74) is -3.35. The summed E-state index contributed by atoms with van der Waals surface area (Å²) in [5.74, 6) is -20.8. The molecule has 2 atom stereocenters. The van der Waals surface area contributed by atoms with Crippen LogP contribution in [0.3, 0.4) is 0 Å². The van der Waals surface area contributed by atoms with E-state index in [2.05, 4.69) is 0 Å². The zero-order valence-electron chi connectivity index (χ0n) is 14.6. The Morgan fingerprint density at radius 2 is 0.900 bits per heavy atom. The van der Waals surface area contributed by atoms with Crippen molar-refractivity contribution in [2.24, 2.45) is 0 Å². The van der Waals surface area contributed by atoms with Crippen LogP contribution in [-0.4, -0.2) is 38.6 Å². The maximum absolute atomic E-state index is 14.6. The standard InChI is InChI=1S/C18H10F8O4/c19-9-7(10(20)13(23)15(25)12(9)22)8-11(21)14(24)16(26)18(30-4-6-2-28-6)17(8)29-3-5-1-27-5/h5-6H,1-4H2. The van der Waals surface area contributed by atoms with E-state index in [1.165, 1.54) is 0 Å². The van der Waals surface area contributed by atoms with Gasteiger partial charge in [0.2, 0.25) is 17.4 Å². The van der Waals surface area contributed by atoms with Gasteiger partial charge in [-0.25, -0.2) is 30.7 Å². The molecule has 4 nitrogen and oxygen atoms in total. The predicted octanol–water partition coefficient (Wildman–Crippen LogP) is 4.02. The van der Waals surface area contributed by atoms with E-state index in [1.54, 1.807) is 0 Å². The summed E-state index contributed by atoms with van der Waals surface area (Å²) in [6.45, 7) is -0.365. The Bertz CT molecular complexity index is 991. The van der Waals surface area contributed by atoms with Gasteiger partial charge in [-0.3, -0.25) is 0 Å². The van der Waals surface area contributed by atoms with Crippen LogP contribution < -0.4 is 9.47 Å². The highest BCUT2D eigenvalue weighted by molar-refractivity contribution is 5.76. The van der Waals surface area contributed by atoms with Crippen molar-refractivity contribution < 1.29 is 54.1 Å². The van der Waals surface area contributed by atoms with Gasteiger partial charge in [0.1, 0.15) is 25.4 Å². The molecule has 0 spiro atoms. The molecule has 0 amide bonds. The lowest BCUT2D eigenvalue weighted by Crippen LogP contribution is -2.14. The highest BCUT2D eigenvalue weighted by atomic mass is 19.2. The smallest absolute Gasteiger partial charge is 0.207 e. The lowest BCUT2D eigenvalue weighted by atomic mass is 10.00. The highest BCUT2D eigenvalue weighted by Gasteiger charge is 2.37. The van der Waals surface area contributed by atoms with Gasteiger partial charge in [-0.1, -0.05) is 0 Å². The summed E-state index contributed by atoms with van der Waals surface area (Å²) in [7, 11) is 0. The average molecular weight is 442 g/mol. The first kappa shape index (κ1) is 20.7. The Hall–Kier alpha value is -2.60. The number of ether oxygens (including phenoxy) is 4. The molecule has 2 saturated heterocycles. The summed E-state index contributed by atoms with van der Waals surface area (Å²) in [4.78, 5) is 0. The van der Waals surface area contributed by atoms with Crippen LogP contribution in [0.2, 0.25) is 0 Å². The molecule has 2 fully saturated rings. The van der Waals surface area contributed by atoms with Crippen molar-refractivity contribution in [3.63, 3.8) is 0 Å². The Morgan fingerprint density at radius 3 is 1.37 bits per heavy atom. The van der Waals surface area contributed by atoms with Gasteiger partial charge in [-0.2, -0.15) is 4.39 Å². The molecule has 162 valence electrons. The number of hydrogen-bond donors (Lipinski definition) is 0. The molecule has 0 saturated carbocycles. The van der Waals surface area contributed by atoms with Crippen molar-refractivity contribution in [1.29, 1.82) is 0 Å². The summed E-state index contributed by atoms with van der Waals surface area (Å²) in [5, 5.41) is 0. The topological polar surface area (TPSA) is 43.5 Å². The van der Waals surface area contributed by atoms with Crippen LogP contribution in [-0.2, 0) is 9.47 Å². The van der Waals surface area contributed by atoms with Gasteiger partial charge < -0.3 is 18.9 Å². The number of epoxide rings is 2. The maximum atomic E-state index is 14.6. The van der Waals surface area contributed by atoms with Crippen molar-refractivity contribution in [2.45, 2.75) is 12.2 Å². The molecule has 30 heavy (non-hydrogen) atoms. The van der Waals surface area contributed by atoms with E-state index in [4.69, 9.17) is 18.9 Å². The molecule has 0 bridgehead atoms.